The van der Waals surface area contributed by atoms with Gasteiger partial charge in [0.15, 0.2) is 5.75 Å². The standard InChI is InChI=1S/C37H53NO6/c1-4-7-10-13-14-15-20-30-23-25-31(26-24-30)36(40)38-32-21-16-17-22-33(32)44-34(37(41)43-28-19-12-9-6-3)29-35(39)42-27-18-11-8-5-2/h16-17,21-26,29H,4-15,18-20,27-28H2,1-3H3,(H,38,40)/b34-29+. The fourth-order valence-corrected chi connectivity index (χ4v) is 4.65. The van der Waals surface area contributed by atoms with Gasteiger partial charge in [-0.1, -0.05) is 116 Å². The molecule has 0 radical (unpaired) electrons. The number of rotatable bonds is 23. The minimum absolute atomic E-state index is 0.213. The fraction of sp³-hybridized carbons (Fsp3) is 0.541. The zero-order chi connectivity index (χ0) is 31.8. The van der Waals surface area contributed by atoms with Crippen molar-refractivity contribution in [3.8, 4) is 5.75 Å². The predicted molar refractivity (Wildman–Crippen MR) is 177 cm³/mol. The third-order valence-corrected chi connectivity index (χ3v) is 7.31. The van der Waals surface area contributed by atoms with Crippen molar-refractivity contribution in [3.05, 3.63) is 71.5 Å². The summed E-state index contributed by atoms with van der Waals surface area (Å²) in [7, 11) is 0. The highest BCUT2D eigenvalue weighted by atomic mass is 16.6. The number of ether oxygens (including phenoxy) is 3. The molecule has 2 rings (SSSR count). The summed E-state index contributed by atoms with van der Waals surface area (Å²) < 4.78 is 16.6. The highest BCUT2D eigenvalue weighted by Crippen LogP contribution is 2.27. The molecule has 0 saturated carbocycles. The van der Waals surface area contributed by atoms with Crippen LogP contribution in [0.3, 0.4) is 0 Å². The van der Waals surface area contributed by atoms with E-state index in [4.69, 9.17) is 14.2 Å². The van der Waals surface area contributed by atoms with E-state index in [0.29, 0.717) is 11.3 Å². The molecule has 2 aromatic carbocycles. The third-order valence-electron chi connectivity index (χ3n) is 7.31. The lowest BCUT2D eigenvalue weighted by molar-refractivity contribution is -0.143. The number of esters is 2. The topological polar surface area (TPSA) is 90.9 Å². The number of unbranched alkanes of at least 4 members (excludes halogenated alkanes) is 11. The van der Waals surface area contributed by atoms with E-state index >= 15 is 0 Å². The van der Waals surface area contributed by atoms with Crippen LogP contribution in [-0.2, 0) is 25.5 Å². The molecule has 7 nitrogen and oxygen atoms in total. The Labute approximate surface area is 264 Å². The minimum atomic E-state index is -0.758. The van der Waals surface area contributed by atoms with E-state index in [1.165, 1.54) is 37.7 Å². The normalized spacial score (nSPS) is 11.2. The maximum atomic E-state index is 13.1. The lowest BCUT2D eigenvalue weighted by Crippen LogP contribution is -2.18. The van der Waals surface area contributed by atoms with Crippen molar-refractivity contribution in [2.75, 3.05) is 18.5 Å². The summed E-state index contributed by atoms with van der Waals surface area (Å²) in [4.78, 5) is 38.6. The smallest absolute Gasteiger partial charge is 0.374 e. The molecule has 0 heterocycles. The molecule has 0 aromatic heterocycles. The summed E-state index contributed by atoms with van der Waals surface area (Å²) in [5.74, 6) is -1.82. The Kier molecular flexibility index (Phi) is 19.0. The second kappa shape index (κ2) is 22.9. The molecule has 0 atom stereocenters. The lowest BCUT2D eigenvalue weighted by Gasteiger charge is -2.14. The second-order valence-corrected chi connectivity index (χ2v) is 11.2. The first-order valence-corrected chi connectivity index (χ1v) is 16.7. The predicted octanol–water partition coefficient (Wildman–Crippen LogP) is 9.35. The number of amides is 1. The summed E-state index contributed by atoms with van der Waals surface area (Å²) in [6.07, 6.45) is 17.1. The molecule has 0 saturated heterocycles. The van der Waals surface area contributed by atoms with Crippen LogP contribution in [0.2, 0.25) is 0 Å². The van der Waals surface area contributed by atoms with Crippen LogP contribution in [0, 0.1) is 0 Å². The van der Waals surface area contributed by atoms with Gasteiger partial charge in [-0.15, -0.1) is 0 Å². The van der Waals surface area contributed by atoms with E-state index in [2.05, 4.69) is 26.1 Å². The Bertz CT molecular complexity index is 1140. The summed E-state index contributed by atoms with van der Waals surface area (Å²) in [5, 5.41) is 2.88. The van der Waals surface area contributed by atoms with Gasteiger partial charge in [-0.3, -0.25) is 4.79 Å². The fourth-order valence-electron chi connectivity index (χ4n) is 4.65. The number of benzene rings is 2. The number of para-hydroxylation sites is 2. The summed E-state index contributed by atoms with van der Waals surface area (Å²) in [6, 6.07) is 14.4. The van der Waals surface area contributed by atoms with Gasteiger partial charge >= 0.3 is 11.9 Å². The summed E-state index contributed by atoms with van der Waals surface area (Å²) >= 11 is 0. The van der Waals surface area contributed by atoms with Crippen molar-refractivity contribution in [2.24, 2.45) is 0 Å². The molecule has 7 heteroatoms. The van der Waals surface area contributed by atoms with Crippen molar-refractivity contribution in [1.29, 1.82) is 0 Å². The van der Waals surface area contributed by atoms with E-state index in [1.54, 1.807) is 24.3 Å². The van der Waals surface area contributed by atoms with Crippen LogP contribution < -0.4 is 10.1 Å². The van der Waals surface area contributed by atoms with Gasteiger partial charge in [0, 0.05) is 5.56 Å². The van der Waals surface area contributed by atoms with Crippen LogP contribution in [0.15, 0.2) is 60.4 Å². The molecule has 2 aromatic rings. The largest absolute Gasteiger partial charge is 0.462 e. The first-order valence-electron chi connectivity index (χ1n) is 16.7. The third kappa shape index (κ3) is 15.2. The number of nitrogens with one attached hydrogen (secondary N) is 1. The van der Waals surface area contributed by atoms with E-state index in [0.717, 1.165) is 70.3 Å². The maximum absolute atomic E-state index is 13.1. The molecule has 0 aliphatic rings. The van der Waals surface area contributed by atoms with Gasteiger partial charge in [0.2, 0.25) is 5.76 Å². The Hall–Kier alpha value is -3.61. The lowest BCUT2D eigenvalue weighted by atomic mass is 10.0. The van der Waals surface area contributed by atoms with Gasteiger partial charge in [0.25, 0.3) is 5.91 Å². The molecule has 0 spiro atoms. The van der Waals surface area contributed by atoms with E-state index in [1.807, 2.05) is 24.3 Å². The average molecular weight is 608 g/mol. The zero-order valence-corrected chi connectivity index (χ0v) is 27.2. The Morgan fingerprint density at radius 3 is 1.89 bits per heavy atom. The van der Waals surface area contributed by atoms with Gasteiger partial charge in [-0.05, 0) is 55.5 Å². The van der Waals surface area contributed by atoms with Crippen LogP contribution in [0.4, 0.5) is 5.69 Å². The number of hydrogen-bond acceptors (Lipinski definition) is 6. The van der Waals surface area contributed by atoms with Crippen LogP contribution in [0.1, 0.15) is 127 Å². The van der Waals surface area contributed by atoms with Crippen LogP contribution >= 0.6 is 0 Å². The molecule has 242 valence electrons. The molecule has 1 N–H and O–H groups in total. The molecular weight excluding hydrogens is 554 g/mol. The van der Waals surface area contributed by atoms with Gasteiger partial charge in [-0.2, -0.15) is 0 Å². The van der Waals surface area contributed by atoms with Gasteiger partial charge in [-0.25, -0.2) is 9.59 Å². The zero-order valence-electron chi connectivity index (χ0n) is 27.2. The minimum Gasteiger partial charge on any atom is -0.462 e. The molecule has 44 heavy (non-hydrogen) atoms. The molecule has 0 aliphatic heterocycles. The van der Waals surface area contributed by atoms with Gasteiger partial charge in [0.05, 0.1) is 25.0 Å². The van der Waals surface area contributed by atoms with Crippen LogP contribution in [-0.4, -0.2) is 31.1 Å². The monoisotopic (exact) mass is 607 g/mol. The molecule has 0 bridgehead atoms. The van der Waals surface area contributed by atoms with Crippen molar-refractivity contribution < 1.29 is 28.6 Å². The van der Waals surface area contributed by atoms with Crippen LogP contribution in [0.5, 0.6) is 5.75 Å². The Balaban J connectivity index is 2.06. The number of hydrogen-bond donors (Lipinski definition) is 1. The highest BCUT2D eigenvalue weighted by molar-refractivity contribution is 6.05. The van der Waals surface area contributed by atoms with E-state index in [9.17, 15) is 14.4 Å². The van der Waals surface area contributed by atoms with Crippen molar-refractivity contribution in [1.82, 2.24) is 0 Å². The molecular formula is C37H53NO6. The summed E-state index contributed by atoms with van der Waals surface area (Å²) in [5.41, 5.74) is 2.09. The highest BCUT2D eigenvalue weighted by Gasteiger charge is 2.19. The molecule has 0 unspecified atom stereocenters. The molecule has 1 amide bonds. The number of carbonyl (C=O) groups is 3. The Morgan fingerprint density at radius 1 is 0.659 bits per heavy atom. The SMILES string of the molecule is CCCCCCCCc1ccc(C(=O)Nc2ccccc2O/C(=C/C(=O)OCCCCCC)C(=O)OCCCCCC)cc1. The summed E-state index contributed by atoms with van der Waals surface area (Å²) in [6.45, 7) is 6.93. The van der Waals surface area contributed by atoms with Crippen LogP contribution in [0.25, 0.3) is 0 Å². The number of anilines is 1. The van der Waals surface area contributed by atoms with Crippen molar-refractivity contribution in [2.45, 2.75) is 117 Å². The first-order chi connectivity index (χ1) is 21.5. The van der Waals surface area contributed by atoms with Crippen molar-refractivity contribution >= 4 is 23.5 Å². The van der Waals surface area contributed by atoms with E-state index in [-0.39, 0.29) is 30.6 Å². The molecule has 0 aliphatic carbocycles. The van der Waals surface area contributed by atoms with E-state index < -0.39 is 11.9 Å². The van der Waals surface area contributed by atoms with Gasteiger partial charge < -0.3 is 19.5 Å². The quantitative estimate of drug-likeness (QED) is 0.0586. The number of carbonyl (C=O) groups excluding carboxylic acids is 3. The molecule has 0 fully saturated rings. The maximum Gasteiger partial charge on any atom is 0.374 e. The van der Waals surface area contributed by atoms with Gasteiger partial charge in [0.1, 0.15) is 0 Å². The average Bonchev–Trinajstić information content (AvgIpc) is 3.03. The first kappa shape index (κ1) is 36.6. The van der Waals surface area contributed by atoms with Crippen molar-refractivity contribution in [3.63, 3.8) is 0 Å². The number of aryl methyl sites for hydroxylation is 1. The Morgan fingerprint density at radius 2 is 1.23 bits per heavy atom. The second-order valence-electron chi connectivity index (χ2n) is 11.2.